The summed E-state index contributed by atoms with van der Waals surface area (Å²) < 4.78 is 0. The molecule has 2 N–H and O–H groups in total. The van der Waals surface area contributed by atoms with Gasteiger partial charge in [0.15, 0.2) is 0 Å². The van der Waals surface area contributed by atoms with Gasteiger partial charge >= 0.3 is 0 Å². The summed E-state index contributed by atoms with van der Waals surface area (Å²) >= 11 is 0. The zero-order chi connectivity index (χ0) is 12.8. The van der Waals surface area contributed by atoms with Crippen LogP contribution in [0.25, 0.3) is 0 Å². The molecule has 0 aliphatic heterocycles. The molecule has 0 spiro atoms. The van der Waals surface area contributed by atoms with Crippen LogP contribution in [0.1, 0.15) is 18.3 Å². The van der Waals surface area contributed by atoms with Gasteiger partial charge in [-0.3, -0.25) is 9.78 Å². The van der Waals surface area contributed by atoms with Crippen molar-refractivity contribution in [1.82, 2.24) is 15.0 Å². The van der Waals surface area contributed by atoms with Crippen LogP contribution in [-0.2, 0) is 12.8 Å². The first-order valence-electron chi connectivity index (χ1n) is 6.01. The lowest BCUT2D eigenvalue weighted by Gasteiger charge is -2.06. The van der Waals surface area contributed by atoms with Crippen LogP contribution in [0.3, 0.4) is 0 Å². The smallest absolute Gasteiger partial charge is 0.252 e. The van der Waals surface area contributed by atoms with Gasteiger partial charge in [-0.2, -0.15) is 0 Å². The number of H-pyrrole nitrogens is 1. The maximum atomic E-state index is 11.4. The van der Waals surface area contributed by atoms with E-state index in [0.29, 0.717) is 11.6 Å². The predicted octanol–water partition coefficient (Wildman–Crippen LogP) is 1.38. The van der Waals surface area contributed by atoms with Crippen LogP contribution < -0.4 is 10.9 Å². The number of aromatic nitrogens is 3. The third kappa shape index (κ3) is 3.41. The minimum atomic E-state index is -0.117. The largest absolute Gasteiger partial charge is 0.370 e. The molecule has 94 valence electrons. The van der Waals surface area contributed by atoms with Crippen LogP contribution >= 0.6 is 0 Å². The minimum Gasteiger partial charge on any atom is -0.370 e. The van der Waals surface area contributed by atoms with Gasteiger partial charge in [-0.1, -0.05) is 6.92 Å². The second kappa shape index (κ2) is 5.95. The van der Waals surface area contributed by atoms with E-state index >= 15 is 0 Å². The van der Waals surface area contributed by atoms with Gasteiger partial charge in [-0.15, -0.1) is 0 Å². The average molecular weight is 244 g/mol. The summed E-state index contributed by atoms with van der Waals surface area (Å²) in [5, 5.41) is 3.16. The highest BCUT2D eigenvalue weighted by Crippen LogP contribution is 2.01. The fourth-order valence-electron chi connectivity index (χ4n) is 1.65. The molecule has 0 saturated carbocycles. The molecule has 2 aromatic rings. The molecule has 0 bridgehead atoms. The van der Waals surface area contributed by atoms with Crippen molar-refractivity contribution in [3.8, 4) is 0 Å². The van der Waals surface area contributed by atoms with Crippen LogP contribution in [0.5, 0.6) is 0 Å². The lowest BCUT2D eigenvalue weighted by atomic mass is 10.2. The molecular formula is C13H16N4O. The number of rotatable bonds is 5. The number of hydrogen-bond donors (Lipinski definition) is 2. The first-order valence-corrected chi connectivity index (χ1v) is 6.01. The second-order valence-corrected chi connectivity index (χ2v) is 3.96. The topological polar surface area (TPSA) is 70.7 Å². The van der Waals surface area contributed by atoms with Gasteiger partial charge < -0.3 is 10.3 Å². The highest BCUT2D eigenvalue weighted by molar-refractivity contribution is 5.33. The third-order valence-corrected chi connectivity index (χ3v) is 2.59. The van der Waals surface area contributed by atoms with E-state index in [0.717, 1.165) is 19.4 Å². The number of nitrogens with one attached hydrogen (secondary N) is 2. The van der Waals surface area contributed by atoms with Crippen molar-refractivity contribution in [3.63, 3.8) is 0 Å². The number of hydrogen-bond acceptors (Lipinski definition) is 4. The summed E-state index contributed by atoms with van der Waals surface area (Å²) in [6, 6.07) is 5.43. The molecule has 5 heteroatoms. The Morgan fingerprint density at radius 1 is 1.33 bits per heavy atom. The number of aromatic amines is 1. The van der Waals surface area contributed by atoms with Gasteiger partial charge in [0.2, 0.25) is 0 Å². The van der Waals surface area contributed by atoms with Gasteiger partial charge in [0, 0.05) is 31.4 Å². The minimum absolute atomic E-state index is 0.117. The molecule has 2 aromatic heterocycles. The van der Waals surface area contributed by atoms with Crippen molar-refractivity contribution in [1.29, 1.82) is 0 Å². The quantitative estimate of drug-likeness (QED) is 0.833. The summed E-state index contributed by atoms with van der Waals surface area (Å²) in [6.45, 7) is 2.70. The van der Waals surface area contributed by atoms with E-state index in [2.05, 4.69) is 20.3 Å². The van der Waals surface area contributed by atoms with Crippen molar-refractivity contribution < 1.29 is 0 Å². The summed E-state index contributed by atoms with van der Waals surface area (Å²) in [7, 11) is 0. The van der Waals surface area contributed by atoms with Crippen LogP contribution in [0, 0.1) is 0 Å². The Morgan fingerprint density at radius 2 is 2.11 bits per heavy atom. The Bertz CT molecular complexity index is 550. The molecule has 0 saturated heterocycles. The van der Waals surface area contributed by atoms with Gasteiger partial charge in [0.25, 0.3) is 5.56 Å². The zero-order valence-corrected chi connectivity index (χ0v) is 10.3. The van der Waals surface area contributed by atoms with Crippen LogP contribution in [0.2, 0.25) is 0 Å². The Hall–Kier alpha value is -2.17. The van der Waals surface area contributed by atoms with E-state index < -0.39 is 0 Å². The highest BCUT2D eigenvalue weighted by Gasteiger charge is 1.99. The van der Waals surface area contributed by atoms with Crippen LogP contribution in [0.15, 0.2) is 35.4 Å². The molecule has 0 aliphatic carbocycles. The van der Waals surface area contributed by atoms with Gasteiger partial charge in [-0.05, 0) is 24.1 Å². The Balaban J connectivity index is 1.94. The van der Waals surface area contributed by atoms with E-state index in [1.807, 2.05) is 19.1 Å². The van der Waals surface area contributed by atoms with Crippen molar-refractivity contribution in [2.75, 3.05) is 11.9 Å². The van der Waals surface area contributed by atoms with Crippen molar-refractivity contribution >= 4 is 5.82 Å². The second-order valence-electron chi connectivity index (χ2n) is 3.96. The van der Waals surface area contributed by atoms with Crippen molar-refractivity contribution in [3.05, 3.63) is 52.3 Å². The molecular weight excluding hydrogens is 228 g/mol. The molecule has 0 fully saturated rings. The molecule has 2 heterocycles. The number of pyridine rings is 1. The van der Waals surface area contributed by atoms with Gasteiger partial charge in [0.1, 0.15) is 11.6 Å². The standard InChI is InChI=1S/C13H16N4O/c1-2-11-16-12(9-13(18)17-11)15-8-5-10-3-6-14-7-4-10/h3-4,6-7,9H,2,5,8H2,1H3,(H2,15,16,17,18). The van der Waals surface area contributed by atoms with Crippen LogP contribution in [0.4, 0.5) is 5.82 Å². The average Bonchev–Trinajstić information content (AvgIpc) is 2.39. The summed E-state index contributed by atoms with van der Waals surface area (Å²) in [5.74, 6) is 1.33. The fourth-order valence-corrected chi connectivity index (χ4v) is 1.65. The number of anilines is 1. The van der Waals surface area contributed by atoms with Crippen molar-refractivity contribution in [2.24, 2.45) is 0 Å². The highest BCUT2D eigenvalue weighted by atomic mass is 16.1. The summed E-state index contributed by atoms with van der Waals surface area (Å²) in [5.41, 5.74) is 1.09. The Kier molecular flexibility index (Phi) is 4.06. The lowest BCUT2D eigenvalue weighted by molar-refractivity contribution is 0.908. The lowest BCUT2D eigenvalue weighted by Crippen LogP contribution is -2.14. The SMILES string of the molecule is CCc1nc(NCCc2ccncc2)cc(=O)[nH]1. The number of nitrogens with zero attached hydrogens (tertiary/aromatic N) is 2. The molecule has 0 unspecified atom stereocenters. The Labute approximate surface area is 105 Å². The normalized spacial score (nSPS) is 10.3. The molecule has 0 aromatic carbocycles. The maximum Gasteiger partial charge on any atom is 0.252 e. The summed E-state index contributed by atoms with van der Waals surface area (Å²) in [6.07, 6.45) is 5.14. The maximum absolute atomic E-state index is 11.4. The van der Waals surface area contributed by atoms with E-state index in [-0.39, 0.29) is 5.56 Å². The molecule has 18 heavy (non-hydrogen) atoms. The fraction of sp³-hybridized carbons (Fsp3) is 0.308. The third-order valence-electron chi connectivity index (χ3n) is 2.59. The van der Waals surface area contributed by atoms with Crippen molar-refractivity contribution in [2.45, 2.75) is 19.8 Å². The van der Waals surface area contributed by atoms with E-state index in [9.17, 15) is 4.79 Å². The molecule has 2 rings (SSSR count). The van der Waals surface area contributed by atoms with Crippen LogP contribution in [-0.4, -0.2) is 21.5 Å². The monoisotopic (exact) mass is 244 g/mol. The summed E-state index contributed by atoms with van der Waals surface area (Å²) in [4.78, 5) is 22.3. The molecule has 0 atom stereocenters. The van der Waals surface area contributed by atoms with E-state index in [1.165, 1.54) is 11.6 Å². The zero-order valence-electron chi connectivity index (χ0n) is 10.3. The molecule has 5 nitrogen and oxygen atoms in total. The first-order chi connectivity index (χ1) is 8.78. The molecule has 0 amide bonds. The van der Waals surface area contributed by atoms with E-state index in [4.69, 9.17) is 0 Å². The van der Waals surface area contributed by atoms with E-state index in [1.54, 1.807) is 12.4 Å². The predicted molar refractivity (Wildman–Crippen MR) is 70.7 cm³/mol. The first kappa shape index (κ1) is 12.3. The molecule has 0 radical (unpaired) electrons. The Morgan fingerprint density at radius 3 is 2.83 bits per heavy atom. The number of aryl methyl sites for hydroxylation is 1. The van der Waals surface area contributed by atoms with Gasteiger partial charge in [-0.25, -0.2) is 4.98 Å². The molecule has 0 aliphatic rings. The van der Waals surface area contributed by atoms with Gasteiger partial charge in [0.05, 0.1) is 0 Å².